The number of nitrogens with zero attached hydrogens (tertiary/aromatic N) is 4. The zero-order valence-electron chi connectivity index (χ0n) is 19.2. The second kappa shape index (κ2) is 10.8. The summed E-state index contributed by atoms with van der Waals surface area (Å²) >= 11 is 1.44. The summed E-state index contributed by atoms with van der Waals surface area (Å²) in [6.45, 7) is 3.70. The van der Waals surface area contributed by atoms with Crippen LogP contribution in [0.3, 0.4) is 0 Å². The summed E-state index contributed by atoms with van der Waals surface area (Å²) in [7, 11) is 0. The smallest absolute Gasteiger partial charge is 0.234 e. The van der Waals surface area contributed by atoms with E-state index in [0.29, 0.717) is 6.54 Å². The third-order valence-corrected chi connectivity index (χ3v) is 7.15. The molecule has 2 heterocycles. The minimum atomic E-state index is -0.0480. The van der Waals surface area contributed by atoms with Crippen LogP contribution in [0.1, 0.15) is 30.7 Å². The van der Waals surface area contributed by atoms with E-state index in [0.717, 1.165) is 47.1 Å². The Hall–Kier alpha value is -3.16. The fourth-order valence-electron chi connectivity index (χ4n) is 4.44. The van der Waals surface area contributed by atoms with Crippen molar-refractivity contribution in [2.45, 2.75) is 37.5 Å². The van der Waals surface area contributed by atoms with Crippen molar-refractivity contribution in [3.63, 3.8) is 0 Å². The first kappa shape index (κ1) is 22.6. The van der Waals surface area contributed by atoms with Crippen LogP contribution in [0, 0.1) is 0 Å². The van der Waals surface area contributed by atoms with E-state index in [2.05, 4.69) is 61.4 Å². The molecular weight excluding hydrogens is 442 g/mol. The summed E-state index contributed by atoms with van der Waals surface area (Å²) in [5.41, 5.74) is 2.03. The molecule has 0 unspecified atom stereocenters. The molecule has 34 heavy (non-hydrogen) atoms. The highest BCUT2D eigenvalue weighted by Crippen LogP contribution is 2.25. The van der Waals surface area contributed by atoms with Gasteiger partial charge in [-0.1, -0.05) is 84.9 Å². The van der Waals surface area contributed by atoms with Crippen molar-refractivity contribution in [2.75, 3.05) is 24.2 Å². The first-order valence-corrected chi connectivity index (χ1v) is 12.8. The SMILES string of the molecule is O=C(CSc1nnc(CN2CCCCC2)n1Cc1ccccc1)Nc1cccc2ccccc12. The first-order valence-electron chi connectivity index (χ1n) is 11.8. The van der Waals surface area contributed by atoms with E-state index < -0.39 is 0 Å². The van der Waals surface area contributed by atoms with Crippen LogP contribution in [0.4, 0.5) is 5.69 Å². The summed E-state index contributed by atoms with van der Waals surface area (Å²) in [4.78, 5) is 15.3. The van der Waals surface area contributed by atoms with Crippen LogP contribution in [0.5, 0.6) is 0 Å². The summed E-state index contributed by atoms with van der Waals surface area (Å²) in [6, 6.07) is 24.4. The lowest BCUT2D eigenvalue weighted by Gasteiger charge is -2.26. The number of amides is 1. The average molecular weight is 472 g/mol. The quantitative estimate of drug-likeness (QED) is 0.358. The molecule has 3 aromatic carbocycles. The van der Waals surface area contributed by atoms with Gasteiger partial charge in [-0.3, -0.25) is 9.69 Å². The second-order valence-electron chi connectivity index (χ2n) is 8.67. The van der Waals surface area contributed by atoms with Gasteiger partial charge in [-0.2, -0.15) is 0 Å². The topological polar surface area (TPSA) is 63.1 Å². The second-order valence-corrected chi connectivity index (χ2v) is 9.61. The average Bonchev–Trinajstić information content (AvgIpc) is 3.25. The maximum atomic E-state index is 12.8. The molecule has 1 amide bonds. The predicted octanol–water partition coefficient (Wildman–Crippen LogP) is 5.20. The number of aromatic nitrogens is 3. The van der Waals surface area contributed by atoms with Gasteiger partial charge in [0, 0.05) is 11.1 Å². The minimum absolute atomic E-state index is 0.0480. The molecule has 1 N–H and O–H groups in total. The van der Waals surface area contributed by atoms with Crippen molar-refractivity contribution in [1.29, 1.82) is 0 Å². The summed E-state index contributed by atoms with van der Waals surface area (Å²) in [6.07, 6.45) is 3.78. The minimum Gasteiger partial charge on any atom is -0.325 e. The van der Waals surface area contributed by atoms with Gasteiger partial charge in [0.1, 0.15) is 5.82 Å². The number of rotatable bonds is 8. The molecule has 7 heteroatoms. The van der Waals surface area contributed by atoms with Crippen molar-refractivity contribution >= 4 is 34.1 Å². The van der Waals surface area contributed by atoms with Gasteiger partial charge in [0.2, 0.25) is 5.91 Å². The molecule has 0 aliphatic carbocycles. The maximum Gasteiger partial charge on any atom is 0.234 e. The third-order valence-electron chi connectivity index (χ3n) is 6.19. The number of carbonyl (C=O) groups excluding carboxylic acids is 1. The Labute approximate surface area is 204 Å². The fraction of sp³-hybridized carbons (Fsp3) is 0.296. The van der Waals surface area contributed by atoms with Gasteiger partial charge < -0.3 is 9.88 Å². The lowest BCUT2D eigenvalue weighted by atomic mass is 10.1. The fourth-order valence-corrected chi connectivity index (χ4v) is 5.19. The lowest BCUT2D eigenvalue weighted by molar-refractivity contribution is -0.113. The number of benzene rings is 3. The molecule has 5 rings (SSSR count). The molecule has 0 bridgehead atoms. The molecule has 4 aromatic rings. The molecule has 0 saturated carbocycles. The zero-order valence-corrected chi connectivity index (χ0v) is 20.0. The molecule has 1 aromatic heterocycles. The van der Waals surface area contributed by atoms with E-state index in [-0.39, 0.29) is 11.7 Å². The number of nitrogens with one attached hydrogen (secondary N) is 1. The molecule has 0 radical (unpaired) electrons. The number of piperidine rings is 1. The molecular formula is C27H29N5OS. The van der Waals surface area contributed by atoms with Crippen LogP contribution in [0.2, 0.25) is 0 Å². The van der Waals surface area contributed by atoms with Crippen molar-refractivity contribution < 1.29 is 4.79 Å². The standard InChI is InChI=1S/C27H29N5OS/c33-26(28-24-15-9-13-22-12-5-6-14-23(22)24)20-34-27-30-29-25(19-31-16-7-2-8-17-31)32(27)18-21-10-3-1-4-11-21/h1,3-6,9-15H,2,7-8,16-20H2,(H,28,33). The number of hydrogen-bond donors (Lipinski definition) is 1. The van der Waals surface area contributed by atoms with E-state index in [1.807, 2.05) is 36.4 Å². The highest BCUT2D eigenvalue weighted by atomic mass is 32.2. The largest absolute Gasteiger partial charge is 0.325 e. The number of thioether (sulfide) groups is 1. The van der Waals surface area contributed by atoms with E-state index in [1.165, 1.54) is 36.6 Å². The van der Waals surface area contributed by atoms with Gasteiger partial charge in [-0.05, 0) is 42.9 Å². The summed E-state index contributed by atoms with van der Waals surface area (Å²) in [5, 5.41) is 15.0. The predicted molar refractivity (Wildman–Crippen MR) is 138 cm³/mol. The van der Waals surface area contributed by atoms with E-state index in [9.17, 15) is 4.79 Å². The molecule has 0 atom stereocenters. The summed E-state index contributed by atoms with van der Waals surface area (Å²) < 4.78 is 2.17. The third kappa shape index (κ3) is 5.48. The number of anilines is 1. The Balaban J connectivity index is 1.30. The number of fused-ring (bicyclic) bond motifs is 1. The first-order chi connectivity index (χ1) is 16.8. The number of carbonyl (C=O) groups is 1. The molecule has 1 aliphatic rings. The van der Waals surface area contributed by atoms with Crippen LogP contribution in [-0.2, 0) is 17.9 Å². The Morgan fingerprint density at radius 1 is 0.853 bits per heavy atom. The van der Waals surface area contributed by atoms with Gasteiger partial charge in [-0.25, -0.2) is 0 Å². The molecule has 174 valence electrons. The van der Waals surface area contributed by atoms with E-state index in [4.69, 9.17) is 0 Å². The van der Waals surface area contributed by atoms with Crippen LogP contribution < -0.4 is 5.32 Å². The number of likely N-dealkylation sites (tertiary alicyclic amines) is 1. The molecule has 1 fully saturated rings. The van der Waals surface area contributed by atoms with Gasteiger partial charge in [0.05, 0.1) is 18.8 Å². The van der Waals surface area contributed by atoms with Crippen LogP contribution in [0.15, 0.2) is 78.0 Å². The van der Waals surface area contributed by atoms with Crippen LogP contribution in [0.25, 0.3) is 10.8 Å². The van der Waals surface area contributed by atoms with E-state index in [1.54, 1.807) is 0 Å². The van der Waals surface area contributed by atoms with Gasteiger partial charge in [-0.15, -0.1) is 10.2 Å². The van der Waals surface area contributed by atoms with Gasteiger partial charge in [0.15, 0.2) is 5.16 Å². The zero-order chi connectivity index (χ0) is 23.2. The highest BCUT2D eigenvalue weighted by molar-refractivity contribution is 7.99. The van der Waals surface area contributed by atoms with Crippen LogP contribution in [-0.4, -0.2) is 44.4 Å². The Bertz CT molecular complexity index is 1250. The van der Waals surface area contributed by atoms with Gasteiger partial charge in [0.25, 0.3) is 0 Å². The Morgan fingerprint density at radius 2 is 1.62 bits per heavy atom. The maximum absolute atomic E-state index is 12.8. The van der Waals surface area contributed by atoms with E-state index >= 15 is 0 Å². The highest BCUT2D eigenvalue weighted by Gasteiger charge is 2.19. The summed E-state index contributed by atoms with van der Waals surface area (Å²) in [5.74, 6) is 1.19. The Kier molecular flexibility index (Phi) is 7.22. The Morgan fingerprint density at radius 3 is 2.47 bits per heavy atom. The van der Waals surface area contributed by atoms with Crippen molar-refractivity contribution in [3.8, 4) is 0 Å². The molecule has 1 saturated heterocycles. The van der Waals surface area contributed by atoms with Crippen LogP contribution >= 0.6 is 11.8 Å². The molecule has 0 spiro atoms. The van der Waals surface area contributed by atoms with Gasteiger partial charge >= 0.3 is 0 Å². The normalized spacial score (nSPS) is 14.4. The monoisotopic (exact) mass is 471 g/mol. The van der Waals surface area contributed by atoms with Crippen molar-refractivity contribution in [1.82, 2.24) is 19.7 Å². The van der Waals surface area contributed by atoms with Crippen molar-refractivity contribution in [3.05, 3.63) is 84.2 Å². The number of hydrogen-bond acceptors (Lipinski definition) is 5. The molecule has 6 nitrogen and oxygen atoms in total. The van der Waals surface area contributed by atoms with Crippen molar-refractivity contribution in [2.24, 2.45) is 0 Å². The lowest BCUT2D eigenvalue weighted by Crippen LogP contribution is -2.30. The molecule has 1 aliphatic heterocycles.